The van der Waals surface area contributed by atoms with E-state index in [-0.39, 0.29) is 23.9 Å². The summed E-state index contributed by atoms with van der Waals surface area (Å²) in [4.78, 5) is 15.2. The van der Waals surface area contributed by atoms with Crippen molar-refractivity contribution in [2.75, 3.05) is 31.1 Å². The molecule has 0 aliphatic carbocycles. The fraction of sp³-hybridized carbons (Fsp3) is 0.444. The lowest BCUT2D eigenvalue weighted by Gasteiger charge is -2.36. The zero-order valence-electron chi connectivity index (χ0n) is 21.2. The van der Waals surface area contributed by atoms with Crippen LogP contribution in [0, 0.1) is 5.41 Å². The number of hydrogen-bond acceptors (Lipinski definition) is 5. The monoisotopic (exact) mass is 511 g/mol. The summed E-state index contributed by atoms with van der Waals surface area (Å²) in [6.45, 7) is 7.76. The highest BCUT2D eigenvalue weighted by atomic mass is 19.3. The maximum absolute atomic E-state index is 13.9. The molecule has 1 amide bonds. The van der Waals surface area contributed by atoms with E-state index in [9.17, 15) is 13.6 Å². The van der Waals surface area contributed by atoms with Crippen LogP contribution in [0.4, 0.5) is 14.5 Å². The maximum atomic E-state index is 13.9. The molecule has 3 aliphatic rings. The third-order valence-corrected chi connectivity index (χ3v) is 7.08. The van der Waals surface area contributed by atoms with Gasteiger partial charge in [-0.3, -0.25) is 15.3 Å². The zero-order chi connectivity index (χ0) is 26.5. The van der Waals surface area contributed by atoms with Gasteiger partial charge in [-0.05, 0) is 55.4 Å². The number of H-pyrrole nitrogens is 1. The van der Waals surface area contributed by atoms with Gasteiger partial charge in [0.15, 0.2) is 0 Å². The molecule has 0 radical (unpaired) electrons. The van der Waals surface area contributed by atoms with Crippen LogP contribution in [-0.4, -0.2) is 53.0 Å². The lowest BCUT2D eigenvalue weighted by Crippen LogP contribution is -2.44. The van der Waals surface area contributed by atoms with E-state index in [2.05, 4.69) is 22.1 Å². The van der Waals surface area contributed by atoms with Crippen LogP contribution in [0.2, 0.25) is 0 Å². The number of nitrogens with zero attached hydrogens (tertiary/aromatic N) is 3. The number of rotatable bonds is 3. The number of carbonyl (C=O) groups excluding carboxylic acids is 1. The predicted octanol–water partition coefficient (Wildman–Crippen LogP) is 4.48. The van der Waals surface area contributed by atoms with Gasteiger partial charge in [-0.15, -0.1) is 0 Å². The van der Waals surface area contributed by atoms with Gasteiger partial charge in [0.05, 0.1) is 12.7 Å². The second kappa shape index (κ2) is 11.6. The molecule has 5 rings (SSSR count). The molecule has 198 valence electrons. The summed E-state index contributed by atoms with van der Waals surface area (Å²) >= 11 is 0. The molecule has 2 aromatic rings. The van der Waals surface area contributed by atoms with Crippen molar-refractivity contribution < 1.29 is 13.6 Å². The molecule has 0 spiro atoms. The van der Waals surface area contributed by atoms with E-state index >= 15 is 0 Å². The molecule has 37 heavy (non-hydrogen) atoms. The number of benzene rings is 1. The number of amides is 1. The minimum Gasteiger partial charge on any atom is -0.402 e. The fourth-order valence-electron chi connectivity index (χ4n) is 4.96. The van der Waals surface area contributed by atoms with Crippen LogP contribution in [-0.2, 0) is 11.2 Å². The highest BCUT2D eigenvalue weighted by Gasteiger charge is 2.30. The van der Waals surface area contributed by atoms with E-state index in [1.807, 2.05) is 0 Å². The number of anilines is 1. The van der Waals surface area contributed by atoms with Crippen LogP contribution in [0.15, 0.2) is 48.1 Å². The molecule has 3 aliphatic heterocycles. The highest BCUT2D eigenvalue weighted by molar-refractivity contribution is 6.09. The van der Waals surface area contributed by atoms with Crippen LogP contribution in [0.5, 0.6) is 0 Å². The molecule has 0 saturated carbocycles. The molecule has 1 aromatic carbocycles. The van der Waals surface area contributed by atoms with Crippen molar-refractivity contribution in [2.24, 2.45) is 5.73 Å². The Kier molecular flexibility index (Phi) is 8.25. The maximum Gasteiger partial charge on any atom is 0.264 e. The Labute approximate surface area is 216 Å². The second-order valence-electron chi connectivity index (χ2n) is 9.64. The van der Waals surface area contributed by atoms with Crippen molar-refractivity contribution in [3.8, 4) is 11.1 Å². The Morgan fingerprint density at radius 1 is 1.19 bits per heavy atom. The van der Waals surface area contributed by atoms with Crippen molar-refractivity contribution in [1.82, 2.24) is 20.4 Å². The summed E-state index contributed by atoms with van der Waals surface area (Å²) in [7, 11) is 0. The van der Waals surface area contributed by atoms with Gasteiger partial charge in [0, 0.05) is 73.0 Å². The van der Waals surface area contributed by atoms with Gasteiger partial charge in [-0.2, -0.15) is 5.10 Å². The minimum atomic E-state index is -2.66. The topological polar surface area (TPSA) is 114 Å². The Bertz CT molecular complexity index is 1180. The van der Waals surface area contributed by atoms with Gasteiger partial charge in [-0.25, -0.2) is 8.78 Å². The minimum absolute atomic E-state index is 0.0726. The number of carbonyl (C=O) groups is 1. The van der Waals surface area contributed by atoms with Gasteiger partial charge >= 0.3 is 0 Å². The van der Waals surface area contributed by atoms with Gasteiger partial charge in [0.2, 0.25) is 5.91 Å². The largest absolute Gasteiger partial charge is 0.402 e. The first-order valence-electron chi connectivity index (χ1n) is 12.7. The molecule has 1 saturated heterocycles. The number of aromatic nitrogens is 2. The van der Waals surface area contributed by atoms with Crippen molar-refractivity contribution in [2.45, 2.75) is 51.9 Å². The average molecular weight is 512 g/mol. The van der Waals surface area contributed by atoms with Crippen molar-refractivity contribution in [1.29, 1.82) is 5.41 Å². The third kappa shape index (κ3) is 6.00. The smallest absolute Gasteiger partial charge is 0.264 e. The molecular weight excluding hydrogens is 476 g/mol. The number of fused-ring (bicyclic) bond motifs is 1. The predicted molar refractivity (Wildman–Crippen MR) is 141 cm³/mol. The number of alkyl halides is 2. The average Bonchev–Trinajstić information content (AvgIpc) is 3.43. The number of allylic oxidation sites excluding steroid dienone is 1. The molecule has 1 aromatic heterocycles. The number of halogens is 2. The number of hydrogen-bond donors (Lipinski definition) is 4. The standard InChI is InChI=1S/C21H24F2N6O.C6H11N/c1-12(30)28-6-4-18(24)17(11-28)21(25)29-5-2-3-13-7-15(14-9-26-27-10-14)16(20(22)23)8-19(13)29;1-6-4-2-3-5-7-6/h7-10,20,25H,2-6,11,24H2,1H3,(H,26,27);7H,1-5H2. The van der Waals surface area contributed by atoms with Crippen molar-refractivity contribution in [3.63, 3.8) is 0 Å². The van der Waals surface area contributed by atoms with Gasteiger partial charge < -0.3 is 20.9 Å². The number of amidine groups is 1. The molecule has 4 heterocycles. The zero-order valence-corrected chi connectivity index (χ0v) is 21.2. The summed E-state index contributed by atoms with van der Waals surface area (Å²) in [5.74, 6) is 0.104. The molecule has 8 nitrogen and oxygen atoms in total. The van der Waals surface area contributed by atoms with E-state index in [0.29, 0.717) is 47.6 Å². The van der Waals surface area contributed by atoms with E-state index in [0.717, 1.165) is 24.9 Å². The van der Waals surface area contributed by atoms with Gasteiger partial charge in [0.25, 0.3) is 6.43 Å². The van der Waals surface area contributed by atoms with Crippen molar-refractivity contribution >= 4 is 17.4 Å². The number of nitrogens with two attached hydrogens (primary N) is 1. The molecular formula is C27H35F2N7O. The molecule has 10 heteroatoms. The van der Waals surface area contributed by atoms with E-state index in [4.69, 9.17) is 11.1 Å². The third-order valence-electron chi connectivity index (χ3n) is 7.08. The van der Waals surface area contributed by atoms with Crippen LogP contribution < -0.4 is 16.0 Å². The molecule has 0 bridgehead atoms. The van der Waals surface area contributed by atoms with Crippen LogP contribution in [0.3, 0.4) is 0 Å². The van der Waals surface area contributed by atoms with E-state index in [1.165, 1.54) is 44.1 Å². The van der Waals surface area contributed by atoms with E-state index in [1.54, 1.807) is 22.1 Å². The summed E-state index contributed by atoms with van der Waals surface area (Å²) < 4.78 is 27.8. The quantitative estimate of drug-likeness (QED) is 0.358. The Balaban J connectivity index is 0.000000396. The van der Waals surface area contributed by atoms with Crippen LogP contribution in [0.1, 0.15) is 56.6 Å². The molecule has 0 unspecified atom stereocenters. The molecule has 5 N–H and O–H groups in total. The first kappa shape index (κ1) is 26.4. The lowest BCUT2D eigenvalue weighted by molar-refractivity contribution is -0.128. The summed E-state index contributed by atoms with van der Waals surface area (Å²) in [6.07, 6.45) is 6.31. The highest BCUT2D eigenvalue weighted by Crippen LogP contribution is 2.39. The Hall–Kier alpha value is -3.69. The summed E-state index contributed by atoms with van der Waals surface area (Å²) in [5, 5.41) is 18.5. The van der Waals surface area contributed by atoms with Gasteiger partial charge in [0.1, 0.15) is 5.84 Å². The van der Waals surface area contributed by atoms with Crippen molar-refractivity contribution in [3.05, 3.63) is 59.2 Å². The normalized spacial score (nSPS) is 17.7. The second-order valence-corrected chi connectivity index (χ2v) is 9.64. The SMILES string of the molecule is C=C1CCCCN1.CC(=O)N1CCC(N)=C(C(=N)N2CCCc3cc(-c4cn[nH]c4)c(C(F)F)cc32)C1. The Morgan fingerprint density at radius 2 is 2.00 bits per heavy atom. The number of aryl methyl sites for hydroxylation is 1. The number of nitrogens with one attached hydrogen (secondary N) is 3. The van der Waals surface area contributed by atoms with Crippen LogP contribution >= 0.6 is 0 Å². The Morgan fingerprint density at radius 3 is 2.59 bits per heavy atom. The van der Waals surface area contributed by atoms with Crippen LogP contribution in [0.25, 0.3) is 11.1 Å². The first-order chi connectivity index (χ1) is 17.8. The summed E-state index contributed by atoms with van der Waals surface area (Å²) in [6, 6.07) is 3.26. The molecule has 0 atom stereocenters. The first-order valence-corrected chi connectivity index (χ1v) is 12.7. The number of piperidine rings is 1. The van der Waals surface area contributed by atoms with E-state index < -0.39 is 6.43 Å². The summed E-state index contributed by atoms with van der Waals surface area (Å²) in [5.41, 5.74) is 11.0. The fourth-order valence-corrected chi connectivity index (χ4v) is 4.96. The van der Waals surface area contributed by atoms with Gasteiger partial charge in [-0.1, -0.05) is 6.58 Å². The lowest BCUT2D eigenvalue weighted by atomic mass is 9.92. The number of aromatic amines is 1. The molecule has 1 fully saturated rings.